The lowest BCUT2D eigenvalue weighted by Gasteiger charge is -2.18. The number of para-hydroxylation sites is 1. The Morgan fingerprint density at radius 1 is 0.947 bits per heavy atom. The maximum atomic E-state index is 13.7. The highest BCUT2D eigenvalue weighted by Gasteiger charge is 2.12. The summed E-state index contributed by atoms with van der Waals surface area (Å²) in [4.78, 5) is 5.02. The fourth-order valence-electron chi connectivity index (χ4n) is 2.45. The summed E-state index contributed by atoms with van der Waals surface area (Å²) in [5, 5.41) is 0.911. The third-order valence-corrected chi connectivity index (χ3v) is 3.35. The van der Waals surface area contributed by atoms with E-state index >= 15 is 0 Å². The summed E-state index contributed by atoms with van der Waals surface area (Å²) in [5.74, 6) is -0.217. The average Bonchev–Trinajstić information content (AvgIpc) is 2.89. The van der Waals surface area contributed by atoms with Gasteiger partial charge >= 0.3 is 0 Å². The first kappa shape index (κ1) is 11.8. The van der Waals surface area contributed by atoms with Gasteiger partial charge in [-0.2, -0.15) is 0 Å². The molecule has 0 amide bonds. The van der Waals surface area contributed by atoms with Crippen LogP contribution in [0.4, 0.5) is 10.1 Å². The molecule has 0 bridgehead atoms. The molecule has 0 aliphatic rings. The van der Waals surface area contributed by atoms with Crippen LogP contribution in [-0.2, 0) is 0 Å². The van der Waals surface area contributed by atoms with Crippen molar-refractivity contribution in [2.75, 3.05) is 19.0 Å². The van der Waals surface area contributed by atoms with Gasteiger partial charge in [0, 0.05) is 36.9 Å². The number of aromatic nitrogens is 1. The standard InChI is InChI=1S/C16H15FN2/c1-19(2)15-6-4-3-5-12(15)11-7-8-14(17)16-13(11)9-10-18-16/h3-10,18H,1-2H3. The fraction of sp³-hybridized carbons (Fsp3) is 0.125. The number of H-pyrrole nitrogens is 1. The average molecular weight is 254 g/mol. The lowest BCUT2D eigenvalue weighted by Crippen LogP contribution is -2.09. The van der Waals surface area contributed by atoms with Crippen molar-refractivity contribution in [2.24, 2.45) is 0 Å². The van der Waals surface area contributed by atoms with Crippen LogP contribution >= 0.6 is 0 Å². The van der Waals surface area contributed by atoms with Crippen LogP contribution in [0.15, 0.2) is 48.7 Å². The molecule has 3 heteroatoms. The molecule has 1 N–H and O–H groups in total. The zero-order valence-corrected chi connectivity index (χ0v) is 10.9. The highest BCUT2D eigenvalue weighted by molar-refractivity contribution is 5.98. The normalized spacial score (nSPS) is 10.9. The molecule has 1 aromatic heterocycles. The van der Waals surface area contributed by atoms with Crippen LogP contribution in [0.3, 0.4) is 0 Å². The number of fused-ring (bicyclic) bond motifs is 1. The van der Waals surface area contributed by atoms with Crippen LogP contribution in [0.1, 0.15) is 0 Å². The molecule has 0 unspecified atom stereocenters. The van der Waals surface area contributed by atoms with Crippen molar-refractivity contribution >= 4 is 16.6 Å². The summed E-state index contributed by atoms with van der Waals surface area (Å²) in [5.41, 5.74) is 3.83. The minimum Gasteiger partial charge on any atom is -0.377 e. The van der Waals surface area contributed by atoms with Crippen LogP contribution in [0.25, 0.3) is 22.0 Å². The van der Waals surface area contributed by atoms with Gasteiger partial charge in [0.2, 0.25) is 0 Å². The van der Waals surface area contributed by atoms with E-state index in [2.05, 4.69) is 22.0 Å². The highest BCUT2D eigenvalue weighted by atomic mass is 19.1. The molecule has 0 saturated heterocycles. The smallest absolute Gasteiger partial charge is 0.147 e. The van der Waals surface area contributed by atoms with Crippen LogP contribution in [0.5, 0.6) is 0 Å². The van der Waals surface area contributed by atoms with Crippen molar-refractivity contribution in [3.05, 3.63) is 54.5 Å². The SMILES string of the molecule is CN(C)c1ccccc1-c1ccc(F)c2[nH]ccc12. The first-order valence-corrected chi connectivity index (χ1v) is 6.21. The van der Waals surface area contributed by atoms with Crippen LogP contribution in [0.2, 0.25) is 0 Å². The minimum absolute atomic E-state index is 0.217. The van der Waals surface area contributed by atoms with Crippen LogP contribution < -0.4 is 4.90 Å². The third-order valence-electron chi connectivity index (χ3n) is 3.35. The number of nitrogens with one attached hydrogen (secondary N) is 1. The number of nitrogens with zero attached hydrogens (tertiary/aromatic N) is 1. The molecular formula is C16H15FN2. The van der Waals surface area contributed by atoms with E-state index in [1.54, 1.807) is 6.20 Å². The lowest BCUT2D eigenvalue weighted by molar-refractivity contribution is 0.637. The Bertz CT molecular complexity index is 728. The Morgan fingerprint density at radius 2 is 1.74 bits per heavy atom. The molecule has 0 fully saturated rings. The number of anilines is 1. The van der Waals surface area contributed by atoms with Crippen molar-refractivity contribution in [2.45, 2.75) is 0 Å². The van der Waals surface area contributed by atoms with E-state index in [0.29, 0.717) is 5.52 Å². The van der Waals surface area contributed by atoms with E-state index in [1.165, 1.54) is 6.07 Å². The Morgan fingerprint density at radius 3 is 2.53 bits per heavy atom. The molecule has 0 spiro atoms. The van der Waals surface area contributed by atoms with Crippen LogP contribution in [-0.4, -0.2) is 19.1 Å². The molecule has 0 aliphatic carbocycles. The van der Waals surface area contributed by atoms with E-state index < -0.39 is 0 Å². The second-order valence-corrected chi connectivity index (χ2v) is 4.77. The third kappa shape index (κ3) is 1.87. The topological polar surface area (TPSA) is 19.0 Å². The number of halogens is 1. The second kappa shape index (κ2) is 4.43. The van der Waals surface area contributed by atoms with E-state index in [0.717, 1.165) is 22.2 Å². The molecule has 19 heavy (non-hydrogen) atoms. The van der Waals surface area contributed by atoms with Gasteiger partial charge in [0.1, 0.15) is 5.82 Å². The summed E-state index contributed by atoms with van der Waals surface area (Å²) in [6, 6.07) is 13.4. The first-order chi connectivity index (χ1) is 9.18. The zero-order chi connectivity index (χ0) is 13.4. The van der Waals surface area contributed by atoms with E-state index in [-0.39, 0.29) is 5.82 Å². The van der Waals surface area contributed by atoms with Gasteiger partial charge in [-0.1, -0.05) is 24.3 Å². The summed E-state index contributed by atoms with van der Waals surface area (Å²) >= 11 is 0. The monoisotopic (exact) mass is 254 g/mol. The molecule has 96 valence electrons. The Kier molecular flexibility index (Phi) is 2.75. The molecule has 0 radical (unpaired) electrons. The first-order valence-electron chi connectivity index (χ1n) is 6.21. The van der Waals surface area contributed by atoms with Gasteiger partial charge in [0.15, 0.2) is 0 Å². The zero-order valence-electron chi connectivity index (χ0n) is 10.9. The minimum atomic E-state index is -0.217. The van der Waals surface area contributed by atoms with Crippen molar-refractivity contribution in [3.63, 3.8) is 0 Å². The van der Waals surface area contributed by atoms with Crippen molar-refractivity contribution in [1.29, 1.82) is 0 Å². The maximum absolute atomic E-state index is 13.7. The van der Waals surface area contributed by atoms with Gasteiger partial charge in [-0.15, -0.1) is 0 Å². The molecule has 2 nitrogen and oxygen atoms in total. The maximum Gasteiger partial charge on any atom is 0.147 e. The predicted octanol–water partition coefficient (Wildman–Crippen LogP) is 4.04. The lowest BCUT2D eigenvalue weighted by atomic mass is 9.99. The molecule has 0 saturated carbocycles. The number of aromatic amines is 1. The molecule has 3 rings (SSSR count). The van der Waals surface area contributed by atoms with Gasteiger partial charge in [-0.25, -0.2) is 4.39 Å². The second-order valence-electron chi connectivity index (χ2n) is 4.77. The Labute approximate surface area is 111 Å². The number of hydrogen-bond acceptors (Lipinski definition) is 1. The largest absolute Gasteiger partial charge is 0.377 e. The predicted molar refractivity (Wildman–Crippen MR) is 78.0 cm³/mol. The number of rotatable bonds is 2. The van der Waals surface area contributed by atoms with Gasteiger partial charge in [0.25, 0.3) is 0 Å². The fourth-order valence-corrected chi connectivity index (χ4v) is 2.45. The van der Waals surface area contributed by atoms with Gasteiger partial charge in [-0.3, -0.25) is 0 Å². The molecule has 3 aromatic rings. The van der Waals surface area contributed by atoms with Crippen LogP contribution in [0, 0.1) is 5.82 Å². The Balaban J connectivity index is 2.31. The van der Waals surface area contributed by atoms with E-state index in [1.807, 2.05) is 38.4 Å². The summed E-state index contributed by atoms with van der Waals surface area (Å²) in [6.07, 6.45) is 1.77. The molecule has 1 heterocycles. The summed E-state index contributed by atoms with van der Waals surface area (Å²) in [7, 11) is 4.02. The highest BCUT2D eigenvalue weighted by Crippen LogP contribution is 2.35. The number of benzene rings is 2. The summed E-state index contributed by atoms with van der Waals surface area (Å²) < 4.78 is 13.7. The molecule has 2 aromatic carbocycles. The van der Waals surface area contributed by atoms with Crippen molar-refractivity contribution in [1.82, 2.24) is 4.98 Å². The molecular weight excluding hydrogens is 239 g/mol. The molecule has 0 atom stereocenters. The van der Waals surface area contributed by atoms with Gasteiger partial charge < -0.3 is 9.88 Å². The van der Waals surface area contributed by atoms with E-state index in [4.69, 9.17) is 0 Å². The molecule has 0 aliphatic heterocycles. The Hall–Kier alpha value is -2.29. The van der Waals surface area contributed by atoms with Gasteiger partial charge in [0.05, 0.1) is 5.52 Å². The quantitative estimate of drug-likeness (QED) is 0.731. The number of hydrogen-bond donors (Lipinski definition) is 1. The van der Waals surface area contributed by atoms with Gasteiger partial charge in [-0.05, 0) is 23.8 Å². The van der Waals surface area contributed by atoms with Crippen molar-refractivity contribution in [3.8, 4) is 11.1 Å². The summed E-state index contributed by atoms with van der Waals surface area (Å²) in [6.45, 7) is 0. The van der Waals surface area contributed by atoms with E-state index in [9.17, 15) is 4.39 Å². The van der Waals surface area contributed by atoms with Crippen molar-refractivity contribution < 1.29 is 4.39 Å².